The molecule has 3 rings (SSSR count). The Morgan fingerprint density at radius 3 is 2.65 bits per heavy atom. The van der Waals surface area contributed by atoms with Crippen molar-refractivity contribution in [1.29, 1.82) is 0 Å². The van der Waals surface area contributed by atoms with Crippen LogP contribution in [0.1, 0.15) is 11.0 Å². The first kappa shape index (κ1) is 10.6. The molecule has 0 bridgehead atoms. The minimum absolute atomic E-state index is 0.0740. The molecule has 1 unspecified atom stereocenters. The zero-order valence-electron chi connectivity index (χ0n) is 8.96. The number of nitrogens with zero attached hydrogens (tertiary/aromatic N) is 1. The average Bonchev–Trinajstić information content (AvgIpc) is 2.98. The van der Waals surface area contributed by atoms with Gasteiger partial charge in [0.1, 0.15) is 0 Å². The van der Waals surface area contributed by atoms with Crippen LogP contribution >= 0.6 is 23.6 Å². The third-order valence-corrected chi connectivity index (χ3v) is 3.73. The monoisotopic (exact) mass is 261 g/mol. The number of benzene rings is 1. The van der Waals surface area contributed by atoms with Crippen LogP contribution in [0.25, 0.3) is 0 Å². The summed E-state index contributed by atoms with van der Waals surface area (Å²) in [6, 6.07) is 14.3. The normalized spacial score (nSPS) is 18.9. The molecule has 1 aliphatic heterocycles. The van der Waals surface area contributed by atoms with Crippen molar-refractivity contribution >= 4 is 34.4 Å². The molecule has 0 spiro atoms. The van der Waals surface area contributed by atoms with Crippen molar-refractivity contribution < 1.29 is 0 Å². The molecule has 1 aromatic carbocycles. The highest BCUT2D eigenvalue weighted by Gasteiger charge is 2.29. The van der Waals surface area contributed by atoms with Crippen LogP contribution in [0.4, 0.5) is 5.69 Å². The number of hydrogen-bond donors (Lipinski definition) is 2. The number of hydrogen-bond acceptors (Lipinski definition) is 3. The number of para-hydroxylation sites is 1. The Bertz CT molecular complexity index is 510. The lowest BCUT2D eigenvalue weighted by Gasteiger charge is -2.23. The summed E-state index contributed by atoms with van der Waals surface area (Å²) < 4.78 is 0. The highest BCUT2D eigenvalue weighted by molar-refractivity contribution is 7.80. The molecule has 0 aliphatic carbocycles. The van der Waals surface area contributed by atoms with E-state index in [0.717, 1.165) is 5.69 Å². The van der Waals surface area contributed by atoms with Crippen molar-refractivity contribution in [3.63, 3.8) is 0 Å². The third-order valence-electron chi connectivity index (χ3n) is 2.60. The first-order valence-electron chi connectivity index (χ1n) is 5.29. The molecule has 0 saturated carbocycles. The molecule has 0 radical (unpaired) electrons. The van der Waals surface area contributed by atoms with E-state index in [0.29, 0.717) is 5.11 Å². The van der Waals surface area contributed by atoms with Crippen LogP contribution in [0.5, 0.6) is 0 Å². The Hall–Kier alpha value is -1.59. The molecule has 2 aromatic rings. The van der Waals surface area contributed by atoms with E-state index in [9.17, 15) is 0 Å². The van der Waals surface area contributed by atoms with Crippen molar-refractivity contribution in [2.45, 2.75) is 6.17 Å². The van der Waals surface area contributed by atoms with Gasteiger partial charge in [-0.15, -0.1) is 11.3 Å². The fourth-order valence-electron chi connectivity index (χ4n) is 1.84. The van der Waals surface area contributed by atoms with E-state index in [1.54, 1.807) is 11.3 Å². The van der Waals surface area contributed by atoms with Crippen LogP contribution < -0.4 is 15.8 Å². The van der Waals surface area contributed by atoms with E-state index in [1.165, 1.54) is 4.88 Å². The summed E-state index contributed by atoms with van der Waals surface area (Å²) in [6.45, 7) is 0. The summed E-state index contributed by atoms with van der Waals surface area (Å²) in [7, 11) is 0. The second-order valence-corrected chi connectivity index (χ2v) is 5.10. The van der Waals surface area contributed by atoms with Crippen LogP contribution in [-0.2, 0) is 0 Å². The summed E-state index contributed by atoms with van der Waals surface area (Å²) in [5.41, 5.74) is 4.26. The maximum atomic E-state index is 5.19. The molecule has 1 aliphatic rings. The summed E-state index contributed by atoms with van der Waals surface area (Å²) in [4.78, 5) is 1.24. The molecule has 1 fully saturated rings. The van der Waals surface area contributed by atoms with Crippen molar-refractivity contribution in [2.24, 2.45) is 0 Å². The minimum Gasteiger partial charge on any atom is -0.335 e. The Kier molecular flexibility index (Phi) is 2.70. The lowest BCUT2D eigenvalue weighted by molar-refractivity contribution is 0.654. The molecule has 17 heavy (non-hydrogen) atoms. The number of hydrazine groups is 1. The molecule has 0 amide bonds. The van der Waals surface area contributed by atoms with Gasteiger partial charge in [0.2, 0.25) is 0 Å². The van der Waals surface area contributed by atoms with Gasteiger partial charge in [0.25, 0.3) is 0 Å². The van der Waals surface area contributed by atoms with Crippen LogP contribution in [0.15, 0.2) is 47.8 Å². The Balaban J connectivity index is 1.95. The van der Waals surface area contributed by atoms with E-state index < -0.39 is 0 Å². The van der Waals surface area contributed by atoms with Gasteiger partial charge in [0.05, 0.1) is 5.69 Å². The summed E-state index contributed by atoms with van der Waals surface area (Å²) in [5.74, 6) is 0. The van der Waals surface area contributed by atoms with Gasteiger partial charge in [-0.2, -0.15) is 0 Å². The largest absolute Gasteiger partial charge is 0.335 e. The molecule has 1 saturated heterocycles. The van der Waals surface area contributed by atoms with Gasteiger partial charge in [-0.05, 0) is 35.8 Å². The standard InChI is InChI=1S/C12H11N3S2/c16-12-13-11(10-7-4-8-17-10)15(14-12)9-5-2-1-3-6-9/h1-8,11H,(H2,13,14,16). The second kappa shape index (κ2) is 4.35. The molecule has 2 N–H and O–H groups in total. The summed E-state index contributed by atoms with van der Waals surface area (Å²) in [5, 5.41) is 8.04. The van der Waals surface area contributed by atoms with E-state index in [2.05, 4.69) is 34.3 Å². The third kappa shape index (κ3) is 1.99. The summed E-state index contributed by atoms with van der Waals surface area (Å²) in [6.07, 6.45) is 0.0740. The van der Waals surface area contributed by atoms with Crippen molar-refractivity contribution in [1.82, 2.24) is 10.7 Å². The fraction of sp³-hybridized carbons (Fsp3) is 0.0833. The van der Waals surface area contributed by atoms with Gasteiger partial charge in [-0.1, -0.05) is 24.3 Å². The fourth-order valence-corrected chi connectivity index (χ4v) is 2.82. The molecule has 5 heteroatoms. The zero-order valence-corrected chi connectivity index (χ0v) is 10.6. The molecular formula is C12H11N3S2. The second-order valence-electron chi connectivity index (χ2n) is 3.71. The lowest BCUT2D eigenvalue weighted by atomic mass is 10.3. The van der Waals surface area contributed by atoms with Gasteiger partial charge in [-0.3, -0.25) is 10.4 Å². The Morgan fingerprint density at radius 1 is 1.12 bits per heavy atom. The minimum atomic E-state index is 0.0740. The van der Waals surface area contributed by atoms with E-state index in [1.807, 2.05) is 29.3 Å². The first-order chi connectivity index (χ1) is 8.34. The predicted molar refractivity (Wildman–Crippen MR) is 74.9 cm³/mol. The van der Waals surface area contributed by atoms with Crippen LogP contribution in [0.3, 0.4) is 0 Å². The van der Waals surface area contributed by atoms with Gasteiger partial charge in [0.15, 0.2) is 11.3 Å². The first-order valence-corrected chi connectivity index (χ1v) is 6.58. The molecule has 1 aromatic heterocycles. The van der Waals surface area contributed by atoms with Crippen molar-refractivity contribution in [3.05, 3.63) is 52.7 Å². The molecule has 86 valence electrons. The van der Waals surface area contributed by atoms with E-state index in [4.69, 9.17) is 12.2 Å². The molecule has 1 atom stereocenters. The van der Waals surface area contributed by atoms with E-state index >= 15 is 0 Å². The Morgan fingerprint density at radius 2 is 1.94 bits per heavy atom. The van der Waals surface area contributed by atoms with Crippen molar-refractivity contribution in [3.8, 4) is 0 Å². The zero-order chi connectivity index (χ0) is 11.7. The smallest absolute Gasteiger partial charge is 0.187 e. The molecular weight excluding hydrogens is 250 g/mol. The van der Waals surface area contributed by atoms with Gasteiger partial charge >= 0.3 is 0 Å². The van der Waals surface area contributed by atoms with Crippen LogP contribution in [0, 0.1) is 0 Å². The topological polar surface area (TPSA) is 27.3 Å². The lowest BCUT2D eigenvalue weighted by Crippen LogP contribution is -2.33. The van der Waals surface area contributed by atoms with Gasteiger partial charge in [-0.25, -0.2) is 0 Å². The quantitative estimate of drug-likeness (QED) is 0.813. The highest BCUT2D eigenvalue weighted by Crippen LogP contribution is 2.28. The van der Waals surface area contributed by atoms with E-state index in [-0.39, 0.29) is 6.17 Å². The van der Waals surface area contributed by atoms with Gasteiger partial charge < -0.3 is 5.32 Å². The predicted octanol–water partition coefficient (Wildman–Crippen LogP) is 2.65. The molecule has 3 nitrogen and oxygen atoms in total. The number of nitrogens with one attached hydrogen (secondary N) is 2. The SMILES string of the molecule is S=C1NC(c2cccs2)N(c2ccccc2)N1. The van der Waals surface area contributed by atoms with Crippen molar-refractivity contribution in [2.75, 3.05) is 5.01 Å². The maximum Gasteiger partial charge on any atom is 0.187 e. The number of thiophene rings is 1. The Labute approximate surface area is 109 Å². The average molecular weight is 261 g/mol. The van der Waals surface area contributed by atoms with Crippen LogP contribution in [-0.4, -0.2) is 5.11 Å². The molecule has 2 heterocycles. The van der Waals surface area contributed by atoms with Gasteiger partial charge in [0, 0.05) is 4.88 Å². The number of thiocarbonyl (C=S) groups is 1. The number of anilines is 1. The van der Waals surface area contributed by atoms with Crippen LogP contribution in [0.2, 0.25) is 0 Å². The number of rotatable bonds is 2. The maximum absolute atomic E-state index is 5.19. The highest BCUT2D eigenvalue weighted by atomic mass is 32.1. The summed E-state index contributed by atoms with van der Waals surface area (Å²) >= 11 is 6.90.